The molecule has 1 N–H and O–H groups in total. The molecule has 1 saturated heterocycles. The van der Waals surface area contributed by atoms with Gasteiger partial charge in [0.2, 0.25) is 0 Å². The molecule has 1 aliphatic rings. The van der Waals surface area contributed by atoms with E-state index in [1.807, 2.05) is 0 Å². The summed E-state index contributed by atoms with van der Waals surface area (Å²) in [4.78, 5) is 25.2. The predicted octanol–water partition coefficient (Wildman–Crippen LogP) is 3.93. The zero-order chi connectivity index (χ0) is 23.8. The van der Waals surface area contributed by atoms with Gasteiger partial charge in [-0.2, -0.15) is 13.2 Å². The molecule has 0 unspecified atom stereocenters. The summed E-state index contributed by atoms with van der Waals surface area (Å²) < 4.78 is 73.1. The number of aromatic nitrogens is 4. The van der Waals surface area contributed by atoms with Gasteiger partial charge in [-0.25, -0.2) is 18.7 Å². The van der Waals surface area contributed by atoms with Crippen molar-refractivity contribution >= 4 is 16.9 Å². The van der Waals surface area contributed by atoms with Gasteiger partial charge in [0.25, 0.3) is 12.3 Å². The van der Waals surface area contributed by atoms with E-state index in [1.165, 1.54) is 12.4 Å². The first-order valence-corrected chi connectivity index (χ1v) is 10.2. The van der Waals surface area contributed by atoms with Gasteiger partial charge in [0.05, 0.1) is 47.7 Å². The molecule has 1 aromatic carbocycles. The number of nitrogens with zero attached hydrogens (tertiary/aromatic N) is 4. The second kappa shape index (κ2) is 9.00. The number of amides is 1. The lowest BCUT2D eigenvalue weighted by Gasteiger charge is -2.24. The van der Waals surface area contributed by atoms with Crippen LogP contribution in [-0.4, -0.2) is 45.1 Å². The number of carbonyl (C=O) groups is 1. The van der Waals surface area contributed by atoms with Crippen molar-refractivity contribution in [2.45, 2.75) is 38.5 Å². The van der Waals surface area contributed by atoms with Crippen molar-refractivity contribution in [1.82, 2.24) is 24.8 Å². The zero-order valence-corrected chi connectivity index (χ0v) is 17.4. The number of fused-ring (bicyclic) bond motifs is 1. The molecule has 0 bridgehead atoms. The lowest BCUT2D eigenvalue weighted by molar-refractivity contribution is -0.137. The first kappa shape index (κ1) is 23.0. The topological polar surface area (TPSA) is 81.9 Å². The Hall–Kier alpha value is -3.15. The lowest BCUT2D eigenvalue weighted by Crippen LogP contribution is -2.36. The molecule has 0 radical (unpaired) electrons. The van der Waals surface area contributed by atoms with Crippen molar-refractivity contribution in [3.8, 4) is 0 Å². The third-order valence-electron chi connectivity index (χ3n) is 5.44. The maximum atomic E-state index is 13.4. The Morgan fingerprint density at radius 2 is 2.06 bits per heavy atom. The molecule has 0 aliphatic carbocycles. The molecule has 12 heteroatoms. The van der Waals surface area contributed by atoms with Crippen molar-refractivity contribution in [3.05, 3.63) is 53.4 Å². The van der Waals surface area contributed by atoms with Gasteiger partial charge in [0.15, 0.2) is 0 Å². The Balaban J connectivity index is 1.79. The van der Waals surface area contributed by atoms with Crippen LogP contribution >= 0.6 is 0 Å². The van der Waals surface area contributed by atoms with E-state index in [1.54, 1.807) is 6.92 Å². The number of alkyl halides is 5. The number of ether oxygens (including phenoxy) is 1. The molecule has 1 fully saturated rings. The number of aryl methyl sites for hydroxylation is 1. The third-order valence-corrected chi connectivity index (χ3v) is 5.44. The van der Waals surface area contributed by atoms with E-state index in [-0.39, 0.29) is 35.1 Å². The van der Waals surface area contributed by atoms with Crippen LogP contribution in [-0.2, 0) is 17.5 Å². The Morgan fingerprint density at radius 1 is 1.27 bits per heavy atom. The summed E-state index contributed by atoms with van der Waals surface area (Å²) in [7, 11) is 0. The van der Waals surface area contributed by atoms with Crippen molar-refractivity contribution in [2.75, 3.05) is 13.2 Å². The predicted molar refractivity (Wildman–Crippen MR) is 107 cm³/mol. The quantitative estimate of drug-likeness (QED) is 0.554. The lowest BCUT2D eigenvalue weighted by atomic mass is 9.98. The molecular weight excluding hydrogens is 449 g/mol. The molecule has 3 heterocycles. The average Bonchev–Trinajstić information content (AvgIpc) is 3.40. The minimum absolute atomic E-state index is 0.0143. The first-order chi connectivity index (χ1) is 15.6. The van der Waals surface area contributed by atoms with Crippen LogP contribution < -0.4 is 5.32 Å². The minimum atomic E-state index is -4.65. The highest BCUT2D eigenvalue weighted by atomic mass is 19.4. The van der Waals surface area contributed by atoms with Gasteiger partial charge >= 0.3 is 6.18 Å². The average molecular weight is 469 g/mol. The van der Waals surface area contributed by atoms with E-state index in [2.05, 4.69) is 20.3 Å². The number of carbonyl (C=O) groups excluding carboxylic acids is 1. The maximum absolute atomic E-state index is 13.4. The van der Waals surface area contributed by atoms with Crippen LogP contribution in [0.2, 0.25) is 0 Å². The summed E-state index contributed by atoms with van der Waals surface area (Å²) in [5.41, 5.74) is -0.330. The van der Waals surface area contributed by atoms with E-state index >= 15 is 0 Å². The summed E-state index contributed by atoms with van der Waals surface area (Å²) >= 11 is 0. The van der Waals surface area contributed by atoms with Crippen molar-refractivity contribution in [1.29, 1.82) is 0 Å². The Labute approximate surface area is 185 Å². The molecule has 2 atom stereocenters. The van der Waals surface area contributed by atoms with Crippen molar-refractivity contribution < 1.29 is 31.5 Å². The van der Waals surface area contributed by atoms with E-state index in [4.69, 9.17) is 4.74 Å². The monoisotopic (exact) mass is 469 g/mol. The molecule has 2 aromatic heterocycles. The van der Waals surface area contributed by atoms with Crippen molar-refractivity contribution in [2.24, 2.45) is 5.92 Å². The number of halogens is 5. The van der Waals surface area contributed by atoms with E-state index < -0.39 is 36.7 Å². The molecule has 7 nitrogen and oxygen atoms in total. The molecule has 1 aliphatic heterocycles. The van der Waals surface area contributed by atoms with Crippen LogP contribution in [0.15, 0.2) is 30.6 Å². The Morgan fingerprint density at radius 3 is 2.67 bits per heavy atom. The number of hydrogen-bond acceptors (Lipinski definition) is 5. The molecule has 0 spiro atoms. The highest BCUT2D eigenvalue weighted by Gasteiger charge is 2.35. The Bertz CT molecular complexity index is 1140. The summed E-state index contributed by atoms with van der Waals surface area (Å²) in [6, 6.07) is 1.89. The van der Waals surface area contributed by atoms with Crippen LogP contribution in [0, 0.1) is 12.8 Å². The van der Waals surface area contributed by atoms with Gasteiger partial charge in [-0.3, -0.25) is 9.78 Å². The van der Waals surface area contributed by atoms with Crippen LogP contribution in [0.25, 0.3) is 11.0 Å². The largest absolute Gasteiger partial charge is 0.416 e. The minimum Gasteiger partial charge on any atom is -0.381 e. The van der Waals surface area contributed by atoms with Gasteiger partial charge in [-0.05, 0) is 31.5 Å². The first-order valence-electron chi connectivity index (χ1n) is 10.2. The fourth-order valence-electron chi connectivity index (χ4n) is 3.82. The van der Waals surface area contributed by atoms with Crippen LogP contribution in [0.1, 0.15) is 40.0 Å². The van der Waals surface area contributed by atoms with Gasteiger partial charge in [-0.1, -0.05) is 0 Å². The smallest absolute Gasteiger partial charge is 0.381 e. The van der Waals surface area contributed by atoms with Gasteiger partial charge in [0.1, 0.15) is 11.5 Å². The van der Waals surface area contributed by atoms with Gasteiger partial charge < -0.3 is 14.6 Å². The summed E-state index contributed by atoms with van der Waals surface area (Å²) in [5, 5.41) is 2.76. The number of hydrogen-bond donors (Lipinski definition) is 1. The fourth-order valence-corrected chi connectivity index (χ4v) is 3.82. The molecule has 3 aromatic rings. The number of imidazole rings is 1. The second-order valence-electron chi connectivity index (χ2n) is 7.79. The molecule has 176 valence electrons. The van der Waals surface area contributed by atoms with Crippen LogP contribution in [0.3, 0.4) is 0 Å². The normalized spacial score (nSPS) is 17.6. The molecule has 4 rings (SSSR count). The van der Waals surface area contributed by atoms with E-state index in [0.717, 1.165) is 22.8 Å². The van der Waals surface area contributed by atoms with E-state index in [0.29, 0.717) is 18.7 Å². The SMILES string of the molecule is Cc1cnc(C(=O)N[C@H](c2nc3ccc(C(F)(F)F)cc3n2CC(F)F)[C@@H]2CCOC2)cn1. The third kappa shape index (κ3) is 4.95. The maximum Gasteiger partial charge on any atom is 0.416 e. The summed E-state index contributed by atoms with van der Waals surface area (Å²) in [6.45, 7) is 1.46. The number of rotatable bonds is 6. The van der Waals surface area contributed by atoms with Crippen molar-refractivity contribution in [3.63, 3.8) is 0 Å². The standard InChI is InChI=1S/C21H20F5N5O2/c1-11-7-28-15(8-27-11)20(32)30-18(12-4-5-33-10-12)19-29-14-3-2-13(21(24,25)26)6-16(14)31(19)9-17(22)23/h2-3,6-8,12,17-18H,4-5,9-10H2,1H3,(H,30,32)/t12-,18+/m1/s1. The summed E-state index contributed by atoms with van der Waals surface area (Å²) in [5.74, 6) is -0.887. The fraction of sp³-hybridized carbons (Fsp3) is 0.429. The second-order valence-corrected chi connectivity index (χ2v) is 7.79. The highest BCUT2D eigenvalue weighted by molar-refractivity contribution is 5.92. The van der Waals surface area contributed by atoms with Gasteiger partial charge in [0, 0.05) is 18.7 Å². The van der Waals surface area contributed by atoms with Crippen LogP contribution in [0.5, 0.6) is 0 Å². The van der Waals surface area contributed by atoms with E-state index in [9.17, 15) is 26.7 Å². The van der Waals surface area contributed by atoms with Crippen LogP contribution in [0.4, 0.5) is 22.0 Å². The molecular formula is C21H20F5N5O2. The number of benzene rings is 1. The number of nitrogens with one attached hydrogen (secondary N) is 1. The molecule has 1 amide bonds. The van der Waals surface area contributed by atoms with Gasteiger partial charge in [-0.15, -0.1) is 0 Å². The Kier molecular flexibility index (Phi) is 6.28. The summed E-state index contributed by atoms with van der Waals surface area (Å²) in [6.07, 6.45) is -4.30. The highest BCUT2D eigenvalue weighted by Crippen LogP contribution is 2.35. The molecule has 33 heavy (non-hydrogen) atoms. The molecule has 0 saturated carbocycles. The zero-order valence-electron chi connectivity index (χ0n) is 17.4.